The van der Waals surface area contributed by atoms with Crippen molar-refractivity contribution in [1.29, 1.82) is 5.26 Å². The number of allylic oxidation sites excluding steroid dienone is 2. The van der Waals surface area contributed by atoms with Crippen molar-refractivity contribution < 1.29 is 0 Å². The lowest BCUT2D eigenvalue weighted by Crippen LogP contribution is -2.34. The standard InChI is InChI=1S/C10H14N2S/c1-7-5-10-12(3-4-13-10)8(2)9(7)6-11/h7,10H,3-5H2,1-2H3. The second kappa shape index (κ2) is 3.26. The average molecular weight is 194 g/mol. The molecule has 1 saturated heterocycles. The molecule has 0 saturated carbocycles. The predicted molar refractivity (Wildman–Crippen MR) is 55.0 cm³/mol. The van der Waals surface area contributed by atoms with Crippen molar-refractivity contribution in [3.63, 3.8) is 0 Å². The van der Waals surface area contributed by atoms with Gasteiger partial charge >= 0.3 is 0 Å². The normalized spacial score (nSPS) is 33.2. The first-order valence-electron chi connectivity index (χ1n) is 4.73. The summed E-state index contributed by atoms with van der Waals surface area (Å²) < 4.78 is 0. The molecule has 0 N–H and O–H groups in total. The smallest absolute Gasteiger partial charge is 0.0968 e. The molecule has 2 atom stereocenters. The third kappa shape index (κ3) is 1.34. The molecule has 2 nitrogen and oxygen atoms in total. The van der Waals surface area contributed by atoms with E-state index in [-0.39, 0.29) is 0 Å². The first-order chi connectivity index (χ1) is 6.24. The van der Waals surface area contributed by atoms with Crippen LogP contribution in [0.15, 0.2) is 11.3 Å². The molecule has 2 aliphatic heterocycles. The summed E-state index contributed by atoms with van der Waals surface area (Å²) in [6.45, 7) is 5.38. The fraction of sp³-hybridized carbons (Fsp3) is 0.700. The van der Waals surface area contributed by atoms with Gasteiger partial charge in [-0.05, 0) is 19.3 Å². The molecule has 0 amide bonds. The highest BCUT2D eigenvalue weighted by molar-refractivity contribution is 8.00. The first-order valence-corrected chi connectivity index (χ1v) is 5.78. The summed E-state index contributed by atoms with van der Waals surface area (Å²) >= 11 is 2.03. The predicted octanol–water partition coefficient (Wildman–Crippen LogP) is 2.20. The van der Waals surface area contributed by atoms with Crippen LogP contribution in [0.2, 0.25) is 0 Å². The highest BCUT2D eigenvalue weighted by Gasteiger charge is 2.33. The van der Waals surface area contributed by atoms with Crippen molar-refractivity contribution in [2.75, 3.05) is 12.3 Å². The summed E-state index contributed by atoms with van der Waals surface area (Å²) in [6, 6.07) is 2.34. The van der Waals surface area contributed by atoms with Crippen molar-refractivity contribution in [2.24, 2.45) is 5.92 Å². The molecule has 0 aliphatic carbocycles. The fourth-order valence-electron chi connectivity index (χ4n) is 2.22. The van der Waals surface area contributed by atoms with E-state index < -0.39 is 0 Å². The highest BCUT2D eigenvalue weighted by atomic mass is 32.2. The maximum absolute atomic E-state index is 9.01. The highest BCUT2D eigenvalue weighted by Crippen LogP contribution is 2.39. The Labute approximate surface area is 83.6 Å². The van der Waals surface area contributed by atoms with E-state index in [0.717, 1.165) is 18.5 Å². The van der Waals surface area contributed by atoms with Gasteiger partial charge < -0.3 is 4.90 Å². The zero-order valence-electron chi connectivity index (χ0n) is 8.08. The molecule has 0 aromatic carbocycles. The largest absolute Gasteiger partial charge is 0.361 e. The van der Waals surface area contributed by atoms with Gasteiger partial charge in [-0.25, -0.2) is 0 Å². The van der Waals surface area contributed by atoms with Crippen molar-refractivity contribution in [3.05, 3.63) is 11.3 Å². The third-order valence-corrected chi connectivity index (χ3v) is 4.23. The van der Waals surface area contributed by atoms with Gasteiger partial charge in [-0.15, -0.1) is 11.8 Å². The lowest BCUT2D eigenvalue weighted by molar-refractivity contribution is 0.298. The number of hydrogen-bond donors (Lipinski definition) is 0. The molecular formula is C10H14N2S. The molecule has 0 radical (unpaired) electrons. The topological polar surface area (TPSA) is 27.0 Å². The molecule has 13 heavy (non-hydrogen) atoms. The molecule has 1 fully saturated rings. The van der Waals surface area contributed by atoms with E-state index in [4.69, 9.17) is 5.26 Å². The van der Waals surface area contributed by atoms with Crippen molar-refractivity contribution >= 4 is 11.8 Å². The van der Waals surface area contributed by atoms with Crippen LogP contribution < -0.4 is 0 Å². The second-order valence-electron chi connectivity index (χ2n) is 3.77. The number of rotatable bonds is 0. The van der Waals surface area contributed by atoms with Gasteiger partial charge in [-0.2, -0.15) is 5.26 Å². The third-order valence-electron chi connectivity index (χ3n) is 2.98. The minimum absolute atomic E-state index is 0.455. The van der Waals surface area contributed by atoms with Crippen LogP contribution in [-0.2, 0) is 0 Å². The Hall–Kier alpha value is -0.620. The first kappa shape index (κ1) is 8.96. The van der Waals surface area contributed by atoms with Crippen LogP contribution in [0.25, 0.3) is 0 Å². The molecule has 2 heterocycles. The van der Waals surface area contributed by atoms with E-state index in [1.165, 1.54) is 11.4 Å². The van der Waals surface area contributed by atoms with Gasteiger partial charge in [-0.3, -0.25) is 0 Å². The second-order valence-corrected chi connectivity index (χ2v) is 5.05. The van der Waals surface area contributed by atoms with E-state index >= 15 is 0 Å². The summed E-state index contributed by atoms with van der Waals surface area (Å²) in [5.41, 5.74) is 2.22. The van der Waals surface area contributed by atoms with Crippen LogP contribution >= 0.6 is 11.8 Å². The van der Waals surface area contributed by atoms with Gasteiger partial charge in [0.2, 0.25) is 0 Å². The Balaban J connectivity index is 2.34. The number of nitrogens with zero attached hydrogens (tertiary/aromatic N) is 2. The molecule has 0 bridgehead atoms. The van der Waals surface area contributed by atoms with Crippen molar-refractivity contribution in [2.45, 2.75) is 25.6 Å². The van der Waals surface area contributed by atoms with E-state index in [9.17, 15) is 0 Å². The van der Waals surface area contributed by atoms with Gasteiger partial charge in [0.05, 0.1) is 17.0 Å². The zero-order chi connectivity index (χ0) is 9.42. The van der Waals surface area contributed by atoms with E-state index in [2.05, 4.69) is 24.8 Å². The summed E-state index contributed by atoms with van der Waals surface area (Å²) in [5.74, 6) is 1.67. The molecular weight excluding hydrogens is 180 g/mol. The summed E-state index contributed by atoms with van der Waals surface area (Å²) in [7, 11) is 0. The van der Waals surface area contributed by atoms with Gasteiger partial charge in [0.1, 0.15) is 0 Å². The van der Waals surface area contributed by atoms with Gasteiger partial charge in [0.25, 0.3) is 0 Å². The molecule has 70 valence electrons. The maximum atomic E-state index is 9.01. The lowest BCUT2D eigenvalue weighted by Gasteiger charge is -2.34. The van der Waals surface area contributed by atoms with Crippen LogP contribution in [0.1, 0.15) is 20.3 Å². The van der Waals surface area contributed by atoms with E-state index in [0.29, 0.717) is 11.3 Å². The van der Waals surface area contributed by atoms with Crippen LogP contribution in [0, 0.1) is 17.2 Å². The van der Waals surface area contributed by atoms with Crippen LogP contribution in [0.4, 0.5) is 0 Å². The minimum atomic E-state index is 0.455. The zero-order valence-corrected chi connectivity index (χ0v) is 8.90. The number of fused-ring (bicyclic) bond motifs is 1. The van der Waals surface area contributed by atoms with E-state index in [1.807, 2.05) is 11.8 Å². The summed E-state index contributed by atoms with van der Waals surface area (Å²) in [6.07, 6.45) is 1.14. The quantitative estimate of drug-likeness (QED) is 0.591. The monoisotopic (exact) mass is 194 g/mol. The Bertz CT molecular complexity index is 290. The summed E-state index contributed by atoms with van der Waals surface area (Å²) in [5, 5.41) is 9.66. The molecule has 3 heteroatoms. The number of hydrogen-bond acceptors (Lipinski definition) is 3. The fourth-order valence-corrected chi connectivity index (χ4v) is 3.67. The Morgan fingerprint density at radius 1 is 1.62 bits per heavy atom. The molecule has 0 aromatic rings. The van der Waals surface area contributed by atoms with E-state index in [1.54, 1.807) is 0 Å². The van der Waals surface area contributed by atoms with Crippen LogP contribution in [0.3, 0.4) is 0 Å². The van der Waals surface area contributed by atoms with Crippen LogP contribution in [0.5, 0.6) is 0 Å². The Kier molecular flexibility index (Phi) is 2.25. The molecule has 2 rings (SSSR count). The van der Waals surface area contributed by atoms with Gasteiger partial charge in [0.15, 0.2) is 0 Å². The minimum Gasteiger partial charge on any atom is -0.361 e. The maximum Gasteiger partial charge on any atom is 0.0968 e. The lowest BCUT2D eigenvalue weighted by atomic mass is 9.92. The summed E-state index contributed by atoms with van der Waals surface area (Å²) in [4.78, 5) is 2.39. The number of thioether (sulfide) groups is 1. The van der Waals surface area contributed by atoms with Crippen LogP contribution in [-0.4, -0.2) is 22.6 Å². The van der Waals surface area contributed by atoms with Crippen molar-refractivity contribution in [3.8, 4) is 6.07 Å². The molecule has 2 unspecified atom stereocenters. The molecule has 2 aliphatic rings. The SMILES string of the molecule is CC1=C(C#N)C(C)CC2SCCN12. The Morgan fingerprint density at radius 2 is 2.38 bits per heavy atom. The van der Waals surface area contributed by atoms with Gasteiger partial charge in [-0.1, -0.05) is 6.92 Å². The Morgan fingerprint density at radius 3 is 3.08 bits per heavy atom. The number of nitriles is 1. The average Bonchev–Trinajstić information content (AvgIpc) is 2.53. The molecule has 0 aromatic heterocycles. The van der Waals surface area contributed by atoms with Gasteiger partial charge in [0, 0.05) is 18.0 Å². The molecule has 0 spiro atoms. The van der Waals surface area contributed by atoms with Crippen molar-refractivity contribution in [1.82, 2.24) is 4.90 Å².